The van der Waals surface area contributed by atoms with E-state index in [2.05, 4.69) is 0 Å². The summed E-state index contributed by atoms with van der Waals surface area (Å²) in [6.45, 7) is 0. The van der Waals surface area contributed by atoms with Gasteiger partial charge in [-0.05, 0) is 0 Å². The van der Waals surface area contributed by atoms with Crippen LogP contribution in [0.1, 0.15) is 0 Å². The molecule has 0 saturated heterocycles. The summed E-state index contributed by atoms with van der Waals surface area (Å²) >= 11 is 0. The van der Waals surface area contributed by atoms with Crippen LogP contribution in [0.2, 0.25) is 0 Å². The number of hydrogen-bond donors (Lipinski definition) is 0. The molecule has 0 amide bonds. The first-order chi connectivity index (χ1) is 4.00. The molecule has 11 nitrogen and oxygen atoms in total. The van der Waals surface area contributed by atoms with Gasteiger partial charge in [-0.3, -0.25) is 16.8 Å². The Balaban J connectivity index is -0.0000000128. The summed E-state index contributed by atoms with van der Waals surface area (Å²) in [7, 11) is -10.3. The molecule has 0 rings (SSSR count). The van der Waals surface area contributed by atoms with Crippen molar-refractivity contribution in [2.24, 2.45) is 0 Å². The van der Waals surface area contributed by atoms with E-state index in [4.69, 9.17) is 35.0 Å². The van der Waals surface area contributed by atoms with Crippen molar-refractivity contribution in [3.05, 3.63) is 0 Å². The van der Waals surface area contributed by atoms with Crippen molar-refractivity contribution in [2.45, 2.75) is 0 Å². The smallest absolute Gasteiger partial charge is 0.759 e. The van der Waals surface area contributed by atoms with Gasteiger partial charge in [0.2, 0.25) is 0 Å². The molecule has 15 heteroatoms. The van der Waals surface area contributed by atoms with Gasteiger partial charge in [-0.15, -0.1) is 0 Å². The van der Waals surface area contributed by atoms with Gasteiger partial charge in [0.25, 0.3) is 0 Å². The molecule has 6 N–H and O–H groups in total. The molecule has 100 valence electrons. The molecular formula is H6Fe2O11S2. The number of rotatable bonds is 0. The maximum atomic E-state index is 8.52. The monoisotopic (exact) mass is 358 g/mol. The zero-order chi connectivity index (χ0) is 9.00. The molecule has 0 aliphatic heterocycles. The first-order valence-electron chi connectivity index (χ1n) is 1.33. The number of hydrogen-bond acceptors (Lipinski definition) is 8. The minimum Gasteiger partial charge on any atom is -0.759 e. The predicted molar refractivity (Wildman–Crippen MR) is 31.8 cm³/mol. The van der Waals surface area contributed by atoms with Gasteiger partial charge in [0.15, 0.2) is 0 Å². The van der Waals surface area contributed by atoms with Crippen LogP contribution < -0.4 is 0 Å². The van der Waals surface area contributed by atoms with E-state index >= 15 is 0 Å². The summed E-state index contributed by atoms with van der Waals surface area (Å²) in [4.78, 5) is 0. The molecule has 0 aromatic heterocycles. The second-order valence-corrected chi connectivity index (χ2v) is 2.45. The van der Waals surface area contributed by atoms with Crippen molar-refractivity contribution in [3.8, 4) is 0 Å². The average Bonchev–Trinajstić information content (AvgIpc) is 1.12. The predicted octanol–water partition coefficient (Wildman–Crippen LogP) is -5.16. The second-order valence-electron chi connectivity index (χ2n) is 0.816. The molecule has 0 heterocycles. The summed E-state index contributed by atoms with van der Waals surface area (Å²) in [5.41, 5.74) is 0. The fourth-order valence-corrected chi connectivity index (χ4v) is 0. The van der Waals surface area contributed by atoms with Crippen LogP contribution in [0.25, 0.3) is 0 Å². The van der Waals surface area contributed by atoms with Crippen LogP contribution in [0.5, 0.6) is 0 Å². The van der Waals surface area contributed by atoms with E-state index < -0.39 is 20.8 Å². The quantitative estimate of drug-likeness (QED) is 0.229. The normalized spacial score (nSPS) is 7.73. The van der Waals surface area contributed by atoms with Crippen molar-refractivity contribution < 1.29 is 85.6 Å². The third-order valence-corrected chi connectivity index (χ3v) is 0. The molecule has 0 atom stereocenters. The van der Waals surface area contributed by atoms with E-state index in [-0.39, 0.29) is 50.6 Å². The van der Waals surface area contributed by atoms with Gasteiger partial charge in [0, 0.05) is 20.8 Å². The Kier molecular flexibility index (Phi) is 51.1. The van der Waals surface area contributed by atoms with E-state index in [1.54, 1.807) is 0 Å². The van der Waals surface area contributed by atoms with E-state index in [1.807, 2.05) is 0 Å². The Morgan fingerprint density at radius 1 is 0.533 bits per heavy atom. The van der Waals surface area contributed by atoms with Crippen LogP contribution in [0.15, 0.2) is 0 Å². The minimum atomic E-state index is -5.17. The largest absolute Gasteiger partial charge is 2.00 e. The van der Waals surface area contributed by atoms with E-state index in [0.29, 0.717) is 0 Å². The van der Waals surface area contributed by atoms with Crippen LogP contribution >= 0.6 is 0 Å². The fraction of sp³-hybridized carbons (Fsp3) is 0. The summed E-state index contributed by atoms with van der Waals surface area (Å²) in [6, 6.07) is 0. The third kappa shape index (κ3) is 5410. The minimum absolute atomic E-state index is 0. The fourth-order valence-electron chi connectivity index (χ4n) is 0. The molecule has 0 aliphatic rings. The van der Waals surface area contributed by atoms with Gasteiger partial charge in [-0.1, -0.05) is 0 Å². The summed E-state index contributed by atoms with van der Waals surface area (Å²) in [5, 5.41) is 0. The van der Waals surface area contributed by atoms with Crippen LogP contribution in [-0.4, -0.2) is 51.5 Å². The first-order valence-corrected chi connectivity index (χ1v) is 4.00. The van der Waals surface area contributed by atoms with Crippen LogP contribution in [-0.2, 0) is 54.9 Å². The maximum absolute atomic E-state index is 8.52. The molecule has 0 saturated carbocycles. The molecule has 0 fully saturated rings. The summed E-state index contributed by atoms with van der Waals surface area (Å²) in [6.07, 6.45) is 0. The SMILES string of the molecule is O.O.O.O=S(=O)([O-])[O-].O=S(=O)([O-])[O-].[Fe+2].[Fe+2]. The van der Waals surface area contributed by atoms with Gasteiger partial charge in [0.1, 0.15) is 0 Å². The zero-order valence-corrected chi connectivity index (χ0v) is 10.1. The Morgan fingerprint density at radius 3 is 0.533 bits per heavy atom. The maximum Gasteiger partial charge on any atom is 2.00 e. The van der Waals surface area contributed by atoms with Crippen LogP contribution in [0, 0.1) is 0 Å². The Hall–Kier alpha value is 0.659. The van der Waals surface area contributed by atoms with Gasteiger partial charge in [0.05, 0.1) is 0 Å². The molecule has 0 bridgehead atoms. The van der Waals surface area contributed by atoms with Crippen molar-refractivity contribution in [2.75, 3.05) is 0 Å². The van der Waals surface area contributed by atoms with Gasteiger partial charge >= 0.3 is 34.1 Å². The van der Waals surface area contributed by atoms with Gasteiger partial charge in [-0.25, -0.2) is 0 Å². The van der Waals surface area contributed by atoms with Crippen molar-refractivity contribution in [3.63, 3.8) is 0 Å². The van der Waals surface area contributed by atoms with Crippen LogP contribution in [0.4, 0.5) is 0 Å². The van der Waals surface area contributed by atoms with Gasteiger partial charge in [-0.2, -0.15) is 0 Å². The summed E-state index contributed by atoms with van der Waals surface area (Å²) < 4.78 is 68.2. The molecule has 0 aromatic rings. The Labute approximate surface area is 106 Å². The van der Waals surface area contributed by atoms with E-state index in [9.17, 15) is 0 Å². The summed E-state index contributed by atoms with van der Waals surface area (Å²) in [5.74, 6) is 0. The second kappa shape index (κ2) is 17.1. The third-order valence-electron chi connectivity index (χ3n) is 0. The van der Waals surface area contributed by atoms with E-state index in [0.717, 1.165) is 0 Å². The van der Waals surface area contributed by atoms with Crippen molar-refractivity contribution >= 4 is 20.8 Å². The topological polar surface area (TPSA) is 255 Å². The standard InChI is InChI=1S/2Fe.2H2O4S.3H2O/c;;2*1-5(2,3)4;;;/h;;2*(H2,1,2,3,4);3*1H2/q2*+2;;;;;/p-4. The van der Waals surface area contributed by atoms with Crippen molar-refractivity contribution in [1.82, 2.24) is 0 Å². The molecule has 15 heavy (non-hydrogen) atoms. The molecule has 0 radical (unpaired) electrons. The molecule has 0 spiro atoms. The van der Waals surface area contributed by atoms with E-state index in [1.165, 1.54) is 0 Å². The average molecular weight is 358 g/mol. The molecule has 0 aromatic carbocycles. The molecule has 0 aliphatic carbocycles. The first kappa shape index (κ1) is 44.9. The van der Waals surface area contributed by atoms with Gasteiger partial charge < -0.3 is 34.6 Å². The zero-order valence-electron chi connectivity index (χ0n) is 6.29. The molecule has 0 unspecified atom stereocenters. The molecular weight excluding hydrogens is 352 g/mol. The van der Waals surface area contributed by atoms with Crippen molar-refractivity contribution in [1.29, 1.82) is 0 Å². The Bertz CT molecular complexity index is 213. The Morgan fingerprint density at radius 2 is 0.533 bits per heavy atom. The van der Waals surface area contributed by atoms with Crippen LogP contribution in [0.3, 0.4) is 0 Å².